The van der Waals surface area contributed by atoms with E-state index >= 15 is 0 Å². The predicted molar refractivity (Wildman–Crippen MR) is 74.1 cm³/mol. The van der Waals surface area contributed by atoms with Gasteiger partial charge in [0.05, 0.1) is 5.02 Å². The zero-order chi connectivity index (χ0) is 12.8. The van der Waals surface area contributed by atoms with E-state index in [4.69, 9.17) is 16.3 Å². The monoisotopic (exact) mass is 332 g/mol. The molecular formula is C14H15BrClFO. The molecule has 2 atom stereocenters. The van der Waals surface area contributed by atoms with Crippen molar-refractivity contribution in [1.29, 1.82) is 0 Å². The molecule has 0 bridgehead atoms. The Kier molecular flexibility index (Phi) is 3.31. The summed E-state index contributed by atoms with van der Waals surface area (Å²) < 4.78 is 19.1. The highest BCUT2D eigenvalue weighted by Gasteiger charge is 2.56. The van der Waals surface area contributed by atoms with Crippen LogP contribution in [0.2, 0.25) is 5.02 Å². The largest absolute Gasteiger partial charge is 0.490 e. The smallest absolute Gasteiger partial charge is 0.142 e. The standard InChI is InChI=1S/C14H15BrClFO/c15-12-8-13(14(12)5-1-2-6-14)18-9-3-4-11(17)10(16)7-9/h3-4,7,12-13H,1-2,5-6,8H2. The molecule has 18 heavy (non-hydrogen) atoms. The van der Waals surface area contributed by atoms with Crippen LogP contribution in [0.15, 0.2) is 18.2 Å². The van der Waals surface area contributed by atoms with Gasteiger partial charge in [0, 0.05) is 16.3 Å². The van der Waals surface area contributed by atoms with Gasteiger partial charge >= 0.3 is 0 Å². The Morgan fingerprint density at radius 2 is 2.06 bits per heavy atom. The van der Waals surface area contributed by atoms with Crippen molar-refractivity contribution >= 4 is 27.5 Å². The zero-order valence-corrected chi connectivity index (χ0v) is 12.3. The SMILES string of the molecule is Fc1ccc(OC2CC(Br)C23CCCC3)cc1Cl. The molecule has 0 aliphatic heterocycles. The number of halogens is 3. The summed E-state index contributed by atoms with van der Waals surface area (Å²) in [5.74, 6) is 0.281. The molecule has 4 heteroatoms. The van der Waals surface area contributed by atoms with Crippen molar-refractivity contribution in [3.8, 4) is 5.75 Å². The predicted octanol–water partition coefficient (Wildman–Crippen LogP) is 4.95. The third-order valence-electron chi connectivity index (χ3n) is 4.39. The van der Waals surface area contributed by atoms with E-state index in [0.717, 1.165) is 6.42 Å². The maximum absolute atomic E-state index is 13.1. The Bertz CT molecular complexity index is 459. The van der Waals surface area contributed by atoms with Crippen LogP contribution >= 0.6 is 27.5 Å². The number of ether oxygens (including phenoxy) is 1. The summed E-state index contributed by atoms with van der Waals surface area (Å²) in [5, 5.41) is 0.127. The Morgan fingerprint density at radius 1 is 1.33 bits per heavy atom. The van der Waals surface area contributed by atoms with Crippen LogP contribution in [0.4, 0.5) is 4.39 Å². The quantitative estimate of drug-likeness (QED) is 0.696. The van der Waals surface area contributed by atoms with E-state index in [2.05, 4.69) is 15.9 Å². The van der Waals surface area contributed by atoms with Gasteiger partial charge in [-0.2, -0.15) is 0 Å². The first-order chi connectivity index (χ1) is 8.62. The normalized spacial score (nSPS) is 29.3. The van der Waals surface area contributed by atoms with Gasteiger partial charge in [0.15, 0.2) is 0 Å². The molecule has 0 aromatic heterocycles. The summed E-state index contributed by atoms with van der Waals surface area (Å²) in [6.07, 6.45) is 6.28. The van der Waals surface area contributed by atoms with E-state index in [9.17, 15) is 4.39 Å². The average molecular weight is 334 g/mol. The van der Waals surface area contributed by atoms with Crippen molar-refractivity contribution in [3.63, 3.8) is 0 Å². The van der Waals surface area contributed by atoms with E-state index in [1.54, 1.807) is 12.1 Å². The lowest BCUT2D eigenvalue weighted by molar-refractivity contribution is -0.0304. The molecule has 3 rings (SSSR count). The molecule has 0 amide bonds. The third kappa shape index (κ3) is 1.96. The summed E-state index contributed by atoms with van der Waals surface area (Å²) in [4.78, 5) is 0.563. The summed E-state index contributed by atoms with van der Waals surface area (Å²) in [7, 11) is 0. The highest BCUT2D eigenvalue weighted by Crippen LogP contribution is 2.57. The molecule has 1 nitrogen and oxygen atoms in total. The molecule has 0 N–H and O–H groups in total. The molecule has 1 spiro atoms. The Hall–Kier alpha value is -0.280. The number of hydrogen-bond donors (Lipinski definition) is 0. The first-order valence-electron chi connectivity index (χ1n) is 6.37. The molecule has 0 saturated heterocycles. The van der Waals surface area contributed by atoms with Crippen LogP contribution in [-0.2, 0) is 0 Å². The number of alkyl halides is 1. The molecule has 98 valence electrons. The van der Waals surface area contributed by atoms with E-state index in [1.807, 2.05) is 0 Å². The minimum Gasteiger partial charge on any atom is -0.490 e. The van der Waals surface area contributed by atoms with Crippen LogP contribution in [0.3, 0.4) is 0 Å². The van der Waals surface area contributed by atoms with E-state index in [0.29, 0.717) is 16.0 Å². The van der Waals surface area contributed by atoms with E-state index < -0.39 is 5.82 Å². The number of rotatable bonds is 2. The van der Waals surface area contributed by atoms with Gasteiger partial charge in [0.25, 0.3) is 0 Å². The van der Waals surface area contributed by atoms with Crippen molar-refractivity contribution in [2.24, 2.45) is 5.41 Å². The van der Waals surface area contributed by atoms with Crippen molar-refractivity contribution in [2.75, 3.05) is 0 Å². The molecular weight excluding hydrogens is 319 g/mol. The van der Waals surface area contributed by atoms with E-state index in [-0.39, 0.29) is 11.1 Å². The fourth-order valence-electron chi connectivity index (χ4n) is 3.25. The summed E-state index contributed by atoms with van der Waals surface area (Å²) in [5.41, 5.74) is 0.293. The van der Waals surface area contributed by atoms with Crippen LogP contribution in [0.5, 0.6) is 5.75 Å². The minimum absolute atomic E-state index is 0.127. The molecule has 1 aromatic carbocycles. The van der Waals surface area contributed by atoms with Crippen molar-refractivity contribution in [3.05, 3.63) is 29.0 Å². The summed E-state index contributed by atoms with van der Waals surface area (Å²) in [6.45, 7) is 0. The highest BCUT2D eigenvalue weighted by atomic mass is 79.9. The van der Waals surface area contributed by atoms with Gasteiger partial charge in [-0.3, -0.25) is 0 Å². The van der Waals surface area contributed by atoms with Crippen LogP contribution in [0.1, 0.15) is 32.1 Å². The van der Waals surface area contributed by atoms with Gasteiger partial charge in [-0.15, -0.1) is 0 Å². The summed E-state index contributed by atoms with van der Waals surface area (Å²) >= 11 is 9.53. The Balaban J connectivity index is 1.75. The average Bonchev–Trinajstić information content (AvgIpc) is 2.85. The molecule has 0 heterocycles. The number of benzene rings is 1. The van der Waals surface area contributed by atoms with Crippen molar-refractivity contribution in [2.45, 2.75) is 43.0 Å². The highest BCUT2D eigenvalue weighted by molar-refractivity contribution is 9.09. The molecule has 2 fully saturated rings. The fourth-order valence-corrected chi connectivity index (χ4v) is 4.51. The lowest BCUT2D eigenvalue weighted by Crippen LogP contribution is -2.55. The van der Waals surface area contributed by atoms with Gasteiger partial charge in [-0.05, 0) is 31.4 Å². The van der Waals surface area contributed by atoms with Crippen LogP contribution < -0.4 is 4.74 Å². The molecule has 0 radical (unpaired) electrons. The molecule has 2 saturated carbocycles. The van der Waals surface area contributed by atoms with Gasteiger partial charge in [0.2, 0.25) is 0 Å². The molecule has 1 aromatic rings. The lowest BCUT2D eigenvalue weighted by atomic mass is 9.64. The lowest BCUT2D eigenvalue weighted by Gasteiger charge is -2.51. The minimum atomic E-state index is -0.397. The Morgan fingerprint density at radius 3 is 2.67 bits per heavy atom. The van der Waals surface area contributed by atoms with Gasteiger partial charge in [0.1, 0.15) is 17.7 Å². The molecule has 2 aliphatic rings. The van der Waals surface area contributed by atoms with Crippen LogP contribution in [0.25, 0.3) is 0 Å². The second-order valence-electron chi connectivity index (χ2n) is 5.33. The van der Waals surface area contributed by atoms with Gasteiger partial charge < -0.3 is 4.74 Å². The van der Waals surface area contributed by atoms with Crippen molar-refractivity contribution in [1.82, 2.24) is 0 Å². The van der Waals surface area contributed by atoms with Crippen LogP contribution in [-0.4, -0.2) is 10.9 Å². The topological polar surface area (TPSA) is 9.23 Å². The third-order valence-corrected chi connectivity index (χ3v) is 5.97. The van der Waals surface area contributed by atoms with Crippen LogP contribution in [0, 0.1) is 11.2 Å². The summed E-state index contributed by atoms with van der Waals surface area (Å²) in [6, 6.07) is 4.59. The fraction of sp³-hybridized carbons (Fsp3) is 0.571. The van der Waals surface area contributed by atoms with Crippen molar-refractivity contribution < 1.29 is 9.13 Å². The second-order valence-corrected chi connectivity index (χ2v) is 6.84. The maximum atomic E-state index is 13.1. The second kappa shape index (κ2) is 4.68. The number of hydrogen-bond acceptors (Lipinski definition) is 1. The molecule has 2 unspecified atom stereocenters. The van der Waals surface area contributed by atoms with Gasteiger partial charge in [-0.1, -0.05) is 40.4 Å². The Labute approximate surface area is 120 Å². The first kappa shape index (κ1) is 12.7. The zero-order valence-electron chi connectivity index (χ0n) is 9.96. The van der Waals surface area contributed by atoms with Gasteiger partial charge in [-0.25, -0.2) is 4.39 Å². The maximum Gasteiger partial charge on any atom is 0.142 e. The molecule has 2 aliphatic carbocycles. The first-order valence-corrected chi connectivity index (χ1v) is 7.67. The van der Waals surface area contributed by atoms with E-state index in [1.165, 1.54) is 31.7 Å².